The van der Waals surface area contributed by atoms with E-state index in [9.17, 15) is 9.36 Å². The topological polar surface area (TPSA) is 82.1 Å². The van der Waals surface area contributed by atoms with Crippen LogP contribution in [0.25, 0.3) is 0 Å². The molecule has 1 saturated heterocycles. The van der Waals surface area contributed by atoms with Gasteiger partial charge in [-0.1, -0.05) is 71.1 Å². The first-order chi connectivity index (χ1) is 13.0. The van der Waals surface area contributed by atoms with E-state index in [4.69, 9.17) is 14.2 Å². The number of hydrogen-bond acceptors (Lipinski definition) is 5. The summed E-state index contributed by atoms with van der Waals surface area (Å²) in [6.45, 7) is 2.23. The van der Waals surface area contributed by atoms with Crippen LogP contribution < -0.4 is 0 Å². The summed E-state index contributed by atoms with van der Waals surface area (Å²) in [6, 6.07) is 0. The number of unbranched alkanes of at least 4 members (excludes halogenated alkanes) is 7. The minimum atomic E-state index is -3.90. The van der Waals surface area contributed by atoms with Crippen LogP contribution in [0, 0.1) is 11.8 Å². The zero-order chi connectivity index (χ0) is 19.5. The third-order valence-corrected chi connectivity index (χ3v) is 6.63. The van der Waals surface area contributed by atoms with E-state index in [0.29, 0.717) is 6.42 Å². The highest BCUT2D eigenvalue weighted by Crippen LogP contribution is 2.49. The lowest BCUT2D eigenvalue weighted by Gasteiger charge is -2.08. The van der Waals surface area contributed by atoms with E-state index < -0.39 is 13.9 Å². The molecule has 27 heavy (non-hydrogen) atoms. The molecule has 1 saturated carbocycles. The smallest absolute Gasteiger partial charge is 0.463 e. The van der Waals surface area contributed by atoms with E-state index in [-0.39, 0.29) is 19.2 Å². The van der Waals surface area contributed by atoms with Gasteiger partial charge >= 0.3 is 13.8 Å². The van der Waals surface area contributed by atoms with Crippen LogP contribution in [0.4, 0.5) is 0 Å². The lowest BCUT2D eigenvalue weighted by molar-refractivity contribution is -0.146. The number of ether oxygens (including phenoxy) is 1. The number of carbonyl (C=O) groups is 1. The van der Waals surface area contributed by atoms with Gasteiger partial charge in [0, 0.05) is 6.42 Å². The van der Waals surface area contributed by atoms with Gasteiger partial charge in [0.1, 0.15) is 12.7 Å². The maximum atomic E-state index is 11.7. The Morgan fingerprint density at radius 2 is 1.67 bits per heavy atom. The SMILES string of the molecule is CCCCCCC1CC1CCCCCCCC(=O)OCC1COP(=O)(O)O1. The van der Waals surface area contributed by atoms with Crippen LogP contribution in [0.15, 0.2) is 0 Å². The third kappa shape index (κ3) is 10.1. The van der Waals surface area contributed by atoms with Gasteiger partial charge in [-0.2, -0.15) is 0 Å². The van der Waals surface area contributed by atoms with Crippen molar-refractivity contribution in [3.63, 3.8) is 0 Å². The lowest BCUT2D eigenvalue weighted by atomic mass is 10.0. The van der Waals surface area contributed by atoms with E-state index >= 15 is 0 Å². The Labute approximate surface area is 164 Å². The normalized spacial score (nSPS) is 29.8. The highest BCUT2D eigenvalue weighted by atomic mass is 31.2. The highest BCUT2D eigenvalue weighted by molar-refractivity contribution is 7.47. The first-order valence-corrected chi connectivity index (χ1v) is 12.3. The second-order valence-electron chi connectivity index (χ2n) is 8.09. The largest absolute Gasteiger partial charge is 0.472 e. The minimum Gasteiger partial charge on any atom is -0.463 e. The number of rotatable bonds is 15. The Morgan fingerprint density at radius 3 is 2.30 bits per heavy atom. The fourth-order valence-electron chi connectivity index (χ4n) is 3.82. The molecule has 158 valence electrons. The second-order valence-corrected chi connectivity index (χ2v) is 9.49. The van der Waals surface area contributed by atoms with Crippen molar-refractivity contribution in [2.45, 2.75) is 96.5 Å². The summed E-state index contributed by atoms with van der Waals surface area (Å²) < 4.78 is 25.5. The average Bonchev–Trinajstić information content (AvgIpc) is 3.28. The van der Waals surface area contributed by atoms with Crippen molar-refractivity contribution < 1.29 is 28.0 Å². The van der Waals surface area contributed by atoms with Gasteiger partial charge < -0.3 is 9.63 Å². The summed E-state index contributed by atoms with van der Waals surface area (Å²) in [7, 11) is -3.90. The van der Waals surface area contributed by atoms with Gasteiger partial charge in [-0.15, -0.1) is 0 Å². The quantitative estimate of drug-likeness (QED) is 0.224. The molecule has 0 bridgehead atoms. The molecular weight excluding hydrogens is 367 g/mol. The maximum absolute atomic E-state index is 11.7. The van der Waals surface area contributed by atoms with Crippen LogP contribution in [-0.4, -0.2) is 30.2 Å². The average molecular weight is 404 g/mol. The van der Waals surface area contributed by atoms with E-state index in [1.807, 2.05) is 0 Å². The van der Waals surface area contributed by atoms with Gasteiger partial charge in [-0.05, 0) is 24.7 Å². The molecule has 0 aromatic rings. The molecule has 1 N–H and O–H groups in total. The monoisotopic (exact) mass is 404 g/mol. The van der Waals surface area contributed by atoms with Gasteiger partial charge in [-0.3, -0.25) is 13.8 Å². The van der Waals surface area contributed by atoms with Gasteiger partial charge in [0.2, 0.25) is 0 Å². The Kier molecular flexibility index (Phi) is 10.3. The third-order valence-electron chi connectivity index (χ3n) is 5.59. The molecule has 7 heteroatoms. The molecule has 2 aliphatic rings. The fourth-order valence-corrected chi connectivity index (χ4v) is 4.73. The zero-order valence-corrected chi connectivity index (χ0v) is 17.7. The van der Waals surface area contributed by atoms with Crippen LogP contribution in [0.1, 0.15) is 90.4 Å². The Morgan fingerprint density at radius 1 is 1.04 bits per heavy atom. The Hall–Kier alpha value is -0.420. The first-order valence-electron chi connectivity index (χ1n) is 10.8. The molecule has 0 spiro atoms. The van der Waals surface area contributed by atoms with E-state index in [0.717, 1.165) is 24.7 Å². The minimum absolute atomic E-state index is 0.0123. The van der Waals surface area contributed by atoms with Crippen LogP contribution >= 0.6 is 7.82 Å². The molecule has 0 amide bonds. The van der Waals surface area contributed by atoms with Gasteiger partial charge in [0.15, 0.2) is 0 Å². The van der Waals surface area contributed by atoms with E-state index in [1.54, 1.807) is 0 Å². The Balaban J connectivity index is 1.34. The highest BCUT2D eigenvalue weighted by Gasteiger charge is 2.36. The van der Waals surface area contributed by atoms with Gasteiger partial charge in [-0.25, -0.2) is 4.57 Å². The van der Waals surface area contributed by atoms with Crippen LogP contribution in [-0.2, 0) is 23.1 Å². The molecule has 0 aromatic heterocycles. The number of carbonyl (C=O) groups excluding carboxylic acids is 1. The second kappa shape index (κ2) is 12.2. The van der Waals surface area contributed by atoms with E-state index in [1.165, 1.54) is 64.2 Å². The van der Waals surface area contributed by atoms with Gasteiger partial charge in [0.05, 0.1) is 6.61 Å². The molecule has 2 fully saturated rings. The summed E-state index contributed by atoms with van der Waals surface area (Å²) in [4.78, 5) is 20.7. The van der Waals surface area contributed by atoms with Crippen LogP contribution in [0.2, 0.25) is 0 Å². The predicted octanol–water partition coefficient (Wildman–Crippen LogP) is 5.38. The van der Waals surface area contributed by atoms with Crippen molar-refractivity contribution in [1.29, 1.82) is 0 Å². The maximum Gasteiger partial charge on any atom is 0.472 e. The lowest BCUT2D eigenvalue weighted by Crippen LogP contribution is -2.20. The predicted molar refractivity (Wildman–Crippen MR) is 104 cm³/mol. The van der Waals surface area contributed by atoms with Crippen molar-refractivity contribution in [3.8, 4) is 0 Å². The van der Waals surface area contributed by atoms with Crippen molar-refractivity contribution in [3.05, 3.63) is 0 Å². The molecule has 6 nitrogen and oxygen atoms in total. The molecule has 0 aromatic carbocycles. The van der Waals surface area contributed by atoms with Crippen molar-refractivity contribution in [1.82, 2.24) is 0 Å². The summed E-state index contributed by atoms with van der Waals surface area (Å²) in [5, 5.41) is 0. The van der Waals surface area contributed by atoms with Gasteiger partial charge in [0.25, 0.3) is 0 Å². The standard InChI is InChI=1S/C20H37O6P/c1-2-3-4-8-11-17-14-18(17)12-9-6-5-7-10-13-20(21)24-15-19-16-25-27(22,23)26-19/h17-19H,2-16H2,1H3,(H,22,23). The number of esters is 1. The molecular formula is C20H37O6P. The first kappa shape index (κ1) is 22.9. The molecule has 4 unspecified atom stereocenters. The fraction of sp³-hybridized carbons (Fsp3) is 0.950. The van der Waals surface area contributed by atoms with E-state index in [2.05, 4.69) is 11.4 Å². The number of phosphoric acid groups is 1. The van der Waals surface area contributed by atoms with Crippen molar-refractivity contribution >= 4 is 13.8 Å². The summed E-state index contributed by atoms with van der Waals surface area (Å²) in [6.07, 6.45) is 15.2. The molecule has 2 rings (SSSR count). The molecule has 4 atom stereocenters. The van der Waals surface area contributed by atoms with Crippen LogP contribution in [0.5, 0.6) is 0 Å². The van der Waals surface area contributed by atoms with Crippen molar-refractivity contribution in [2.24, 2.45) is 11.8 Å². The number of hydrogen-bond donors (Lipinski definition) is 1. The summed E-state index contributed by atoms with van der Waals surface area (Å²) in [5.74, 6) is 1.74. The number of phosphoric ester groups is 1. The van der Waals surface area contributed by atoms with Crippen LogP contribution in [0.3, 0.4) is 0 Å². The Bertz CT molecular complexity index is 483. The molecule has 1 aliphatic heterocycles. The van der Waals surface area contributed by atoms with Crippen molar-refractivity contribution in [2.75, 3.05) is 13.2 Å². The molecule has 1 heterocycles. The molecule has 0 radical (unpaired) electrons. The zero-order valence-electron chi connectivity index (χ0n) is 16.8. The summed E-state index contributed by atoms with van der Waals surface area (Å²) in [5.41, 5.74) is 0. The summed E-state index contributed by atoms with van der Waals surface area (Å²) >= 11 is 0. The molecule has 1 aliphatic carbocycles.